The van der Waals surface area contributed by atoms with Crippen LogP contribution in [0.5, 0.6) is 0 Å². The number of rotatable bonds is 6. The summed E-state index contributed by atoms with van der Waals surface area (Å²) in [6.45, 7) is 4.00. The van der Waals surface area contributed by atoms with Crippen molar-refractivity contribution in [2.45, 2.75) is 32.2 Å². The largest absolute Gasteiger partial charge is 0.361 e. The average Bonchev–Trinajstić information content (AvgIpc) is 2.99. The minimum Gasteiger partial charge on any atom is -0.361 e. The summed E-state index contributed by atoms with van der Waals surface area (Å²) in [4.78, 5) is 31.0. The summed E-state index contributed by atoms with van der Waals surface area (Å²) in [5.74, 6) is 0.130. The van der Waals surface area contributed by atoms with E-state index >= 15 is 0 Å². The Bertz CT molecular complexity index is 785. The number of Topliss-reactive ketones (excluding diaryl/α,β-unsaturated/α-hetero) is 1. The standard InChI is InChI=1S/C17H22N6O2/c1-9(2)13-7-12(14(23-13)16(19)21-8-18)15(24)10-4-3-5-11(6-10)22-17(20)25/h3-5,7-9,11,23H,6H2,1-2H3,(H3,18,19,21)(H3,20,22,25)/p+1. The number of nitrogens with one attached hydrogen (secondary N) is 2. The smallest absolute Gasteiger partial charge is 0.312 e. The normalized spacial score (nSPS) is 17.3. The third kappa shape index (κ3) is 4.23. The molecule has 1 unspecified atom stereocenters. The molecule has 8 nitrogen and oxygen atoms in total. The van der Waals surface area contributed by atoms with Crippen LogP contribution in [0.3, 0.4) is 0 Å². The maximum absolute atomic E-state index is 13.0. The van der Waals surface area contributed by atoms with Gasteiger partial charge in [0.2, 0.25) is 0 Å². The van der Waals surface area contributed by atoms with E-state index in [0.29, 0.717) is 23.3 Å². The molecule has 1 heterocycles. The molecule has 0 spiro atoms. The van der Waals surface area contributed by atoms with Crippen LogP contribution in [-0.4, -0.2) is 35.0 Å². The van der Waals surface area contributed by atoms with Gasteiger partial charge in [0.25, 0.3) is 12.2 Å². The number of ketones is 1. The number of hydrogen-bond donors (Lipinski definition) is 5. The first-order valence-corrected chi connectivity index (χ1v) is 7.91. The minimum atomic E-state index is -0.636. The summed E-state index contributed by atoms with van der Waals surface area (Å²) in [7, 11) is 0. The quantitative estimate of drug-likeness (QED) is 0.275. The van der Waals surface area contributed by atoms with Crippen molar-refractivity contribution in [3.8, 4) is 0 Å². The van der Waals surface area contributed by atoms with E-state index in [2.05, 4.69) is 15.3 Å². The number of primary amides is 1. The Labute approximate surface area is 145 Å². The molecule has 0 fully saturated rings. The van der Waals surface area contributed by atoms with E-state index in [0.717, 1.165) is 12.0 Å². The number of aliphatic imine (C=N–C) groups is 1. The van der Waals surface area contributed by atoms with Crippen molar-refractivity contribution in [3.05, 3.63) is 46.8 Å². The molecule has 1 aliphatic carbocycles. The molecule has 8 N–H and O–H groups in total. The van der Waals surface area contributed by atoms with Crippen LogP contribution in [-0.2, 0) is 0 Å². The fraction of sp³-hybridized carbons (Fsp3) is 0.294. The number of amides is 2. The van der Waals surface area contributed by atoms with Gasteiger partial charge < -0.3 is 21.8 Å². The summed E-state index contributed by atoms with van der Waals surface area (Å²) in [6.07, 6.45) is 6.64. The topological polar surface area (TPSA) is 152 Å². The molecule has 1 atom stereocenters. The first-order chi connectivity index (χ1) is 11.8. The van der Waals surface area contributed by atoms with E-state index in [9.17, 15) is 9.59 Å². The van der Waals surface area contributed by atoms with Crippen molar-refractivity contribution >= 4 is 24.0 Å². The molecular formula is C17H23N6O2+. The van der Waals surface area contributed by atoms with E-state index in [4.69, 9.17) is 16.9 Å². The fourth-order valence-electron chi connectivity index (χ4n) is 2.61. The summed E-state index contributed by atoms with van der Waals surface area (Å²) in [6, 6.07) is 0.816. The Morgan fingerprint density at radius 2 is 2.16 bits per heavy atom. The molecule has 1 aliphatic rings. The summed E-state index contributed by atoms with van der Waals surface area (Å²) in [5.41, 5.74) is 13.3. The maximum atomic E-state index is 13.0. The van der Waals surface area contributed by atoms with Gasteiger partial charge in [0.05, 0.1) is 11.6 Å². The molecule has 0 aliphatic heterocycles. The van der Waals surface area contributed by atoms with Gasteiger partial charge in [-0.25, -0.2) is 4.79 Å². The van der Waals surface area contributed by atoms with E-state index < -0.39 is 6.03 Å². The molecule has 1 aromatic rings. The van der Waals surface area contributed by atoms with E-state index in [-0.39, 0.29) is 23.6 Å². The second kappa shape index (κ2) is 7.61. The van der Waals surface area contributed by atoms with Crippen LogP contribution in [0, 0.1) is 0 Å². The van der Waals surface area contributed by atoms with E-state index in [1.807, 2.05) is 13.8 Å². The molecule has 0 saturated heterocycles. The van der Waals surface area contributed by atoms with Gasteiger partial charge in [-0.2, -0.15) is 0 Å². The number of carbonyl (C=O) groups excluding carboxylic acids is 2. The molecule has 0 bridgehead atoms. The number of H-pyrrole nitrogens is 1. The van der Waals surface area contributed by atoms with Gasteiger partial charge in [0.1, 0.15) is 5.69 Å². The first kappa shape index (κ1) is 18.2. The first-order valence-electron chi connectivity index (χ1n) is 7.91. The molecule has 0 aromatic carbocycles. The van der Waals surface area contributed by atoms with Crippen molar-refractivity contribution in [2.24, 2.45) is 16.5 Å². The van der Waals surface area contributed by atoms with Gasteiger partial charge in [-0.05, 0) is 17.0 Å². The monoisotopic (exact) mass is 343 g/mol. The van der Waals surface area contributed by atoms with Gasteiger partial charge in [-0.15, -0.1) is 0 Å². The van der Waals surface area contributed by atoms with Gasteiger partial charge in [-0.3, -0.25) is 10.2 Å². The van der Waals surface area contributed by atoms with Gasteiger partial charge >= 0.3 is 6.03 Å². The molecule has 132 valence electrons. The number of hydrogen-bond acceptors (Lipinski definition) is 2. The zero-order valence-electron chi connectivity index (χ0n) is 14.2. The zero-order chi connectivity index (χ0) is 18.6. The number of allylic oxidation sites excluding steroid dienone is 2. The van der Waals surface area contributed by atoms with Crippen molar-refractivity contribution in [2.75, 3.05) is 0 Å². The number of nitrogens with two attached hydrogens (primary N) is 3. The Kier molecular flexibility index (Phi) is 5.53. The zero-order valence-corrected chi connectivity index (χ0v) is 14.2. The summed E-state index contributed by atoms with van der Waals surface area (Å²) >= 11 is 0. The molecule has 2 amide bonds. The third-order valence-corrected chi connectivity index (χ3v) is 3.87. The fourth-order valence-corrected chi connectivity index (χ4v) is 2.61. The molecule has 25 heavy (non-hydrogen) atoms. The minimum absolute atomic E-state index is 0.136. The van der Waals surface area contributed by atoms with Gasteiger partial charge in [0.15, 0.2) is 5.78 Å². The predicted octanol–water partition coefficient (Wildman–Crippen LogP) is -0.263. The second-order valence-electron chi connectivity index (χ2n) is 6.06. The Balaban J connectivity index is 2.37. The van der Waals surface area contributed by atoms with Crippen LogP contribution in [0.2, 0.25) is 0 Å². The molecule has 8 heteroatoms. The van der Waals surface area contributed by atoms with Crippen molar-refractivity contribution in [1.29, 1.82) is 0 Å². The Morgan fingerprint density at radius 1 is 1.44 bits per heavy atom. The van der Waals surface area contributed by atoms with Crippen LogP contribution in [0.4, 0.5) is 4.79 Å². The summed E-state index contributed by atoms with van der Waals surface area (Å²) < 4.78 is 0. The molecule has 2 rings (SSSR count). The van der Waals surface area contributed by atoms with Crippen molar-refractivity contribution in [1.82, 2.24) is 10.3 Å². The highest BCUT2D eigenvalue weighted by molar-refractivity contribution is 6.16. The highest BCUT2D eigenvalue weighted by atomic mass is 16.2. The number of aromatic amines is 1. The molecule has 0 saturated carbocycles. The predicted molar refractivity (Wildman–Crippen MR) is 96.3 cm³/mol. The average molecular weight is 343 g/mol. The molecule has 0 radical (unpaired) electrons. The lowest BCUT2D eigenvalue weighted by molar-refractivity contribution is -0.106. The number of aromatic nitrogens is 1. The van der Waals surface area contributed by atoms with E-state index in [1.165, 1.54) is 0 Å². The SMILES string of the molecule is CC(C)c1cc(C(=O)C2=CC=CC(NC(N)=O)C2)c(C(N)=NC=[NH2+])[nH]1. The highest BCUT2D eigenvalue weighted by Gasteiger charge is 2.25. The highest BCUT2D eigenvalue weighted by Crippen LogP contribution is 2.24. The number of carbonyl (C=O) groups is 2. The second-order valence-corrected chi connectivity index (χ2v) is 6.06. The van der Waals surface area contributed by atoms with Crippen LogP contribution >= 0.6 is 0 Å². The van der Waals surface area contributed by atoms with Crippen LogP contribution in [0.15, 0.2) is 34.9 Å². The third-order valence-electron chi connectivity index (χ3n) is 3.87. The Hall–Kier alpha value is -3.16. The van der Waals surface area contributed by atoms with Crippen molar-refractivity contribution < 1.29 is 15.0 Å². The van der Waals surface area contributed by atoms with Crippen LogP contribution in [0.25, 0.3) is 0 Å². The lowest BCUT2D eigenvalue weighted by Gasteiger charge is -2.18. The van der Waals surface area contributed by atoms with Crippen LogP contribution < -0.4 is 22.2 Å². The number of amidine groups is 1. The number of nitrogens with zero attached hydrogens (tertiary/aromatic N) is 1. The Morgan fingerprint density at radius 3 is 2.76 bits per heavy atom. The van der Waals surface area contributed by atoms with Gasteiger partial charge in [0, 0.05) is 17.7 Å². The van der Waals surface area contributed by atoms with Crippen LogP contribution in [0.1, 0.15) is 47.9 Å². The molecular weight excluding hydrogens is 320 g/mol. The lowest BCUT2D eigenvalue weighted by Crippen LogP contribution is -2.38. The van der Waals surface area contributed by atoms with Crippen molar-refractivity contribution in [3.63, 3.8) is 0 Å². The lowest BCUT2D eigenvalue weighted by atomic mass is 9.93. The van der Waals surface area contributed by atoms with Gasteiger partial charge in [-0.1, -0.05) is 32.1 Å². The maximum Gasteiger partial charge on any atom is 0.312 e. The molecule has 1 aromatic heterocycles. The van der Waals surface area contributed by atoms with E-state index in [1.54, 1.807) is 24.3 Å². The number of urea groups is 1. The summed E-state index contributed by atoms with van der Waals surface area (Å²) in [5, 5.41) is 7.88.